The average Bonchev–Trinajstić information content (AvgIpc) is 2.80. The van der Waals surface area contributed by atoms with Crippen molar-refractivity contribution < 1.29 is 40.6 Å². The zero-order valence-corrected chi connectivity index (χ0v) is 19.7. The Labute approximate surface area is 204 Å². The highest BCUT2D eigenvalue weighted by Gasteiger charge is 2.30. The van der Waals surface area contributed by atoms with Crippen molar-refractivity contribution in [3.63, 3.8) is 0 Å². The van der Waals surface area contributed by atoms with Crippen LogP contribution in [0.25, 0.3) is 11.1 Å². The number of ether oxygens (including phenoxy) is 1. The number of phenolic OH excluding ortho intramolecular Hbond substituents is 1. The largest absolute Gasteiger partial charge is 0.506 e. The minimum atomic E-state index is -4.48. The summed E-state index contributed by atoms with van der Waals surface area (Å²) in [6, 6.07) is 12.6. The SMILES string of the molecule is CS(=O)(=O)Nc1cc(NC(=O)c2ccc(-c3ccc(C(F)(F)F)cc3)cc2OCCCF)ccc1O. The van der Waals surface area contributed by atoms with E-state index < -0.39 is 34.3 Å². The third-order valence-corrected chi connectivity index (χ3v) is 5.45. The number of amides is 1. The number of aromatic hydroxyl groups is 1. The van der Waals surface area contributed by atoms with Gasteiger partial charge in [0.1, 0.15) is 11.5 Å². The first-order valence-electron chi connectivity index (χ1n) is 10.5. The van der Waals surface area contributed by atoms with Gasteiger partial charge < -0.3 is 15.2 Å². The Morgan fingerprint density at radius 1 is 1.00 bits per heavy atom. The van der Waals surface area contributed by atoms with E-state index in [-0.39, 0.29) is 41.5 Å². The summed E-state index contributed by atoms with van der Waals surface area (Å²) in [5.41, 5.74) is 0.175. The van der Waals surface area contributed by atoms with Gasteiger partial charge in [0.2, 0.25) is 10.0 Å². The van der Waals surface area contributed by atoms with E-state index in [0.717, 1.165) is 18.4 Å². The number of carbonyl (C=O) groups is 1. The van der Waals surface area contributed by atoms with Crippen LogP contribution in [0.2, 0.25) is 0 Å². The number of hydrogen-bond acceptors (Lipinski definition) is 5. The van der Waals surface area contributed by atoms with E-state index in [2.05, 4.69) is 10.0 Å². The second-order valence-corrected chi connectivity index (χ2v) is 9.49. The van der Waals surface area contributed by atoms with Crippen LogP contribution in [0.15, 0.2) is 60.7 Å². The molecule has 192 valence electrons. The van der Waals surface area contributed by atoms with Crippen molar-refractivity contribution in [3.05, 3.63) is 71.8 Å². The van der Waals surface area contributed by atoms with Gasteiger partial charge >= 0.3 is 6.18 Å². The highest BCUT2D eigenvalue weighted by molar-refractivity contribution is 7.92. The third kappa shape index (κ3) is 7.11. The van der Waals surface area contributed by atoms with Crippen LogP contribution in [0, 0.1) is 0 Å². The zero-order chi connectivity index (χ0) is 26.5. The van der Waals surface area contributed by atoms with Crippen molar-refractivity contribution in [1.82, 2.24) is 0 Å². The molecule has 0 aromatic heterocycles. The number of nitrogens with one attached hydrogen (secondary N) is 2. The molecule has 7 nitrogen and oxygen atoms in total. The Balaban J connectivity index is 1.90. The van der Waals surface area contributed by atoms with Gasteiger partial charge in [-0.15, -0.1) is 0 Å². The maximum atomic E-state index is 13.0. The summed E-state index contributed by atoms with van der Waals surface area (Å²) in [6.45, 7) is -0.696. The molecular formula is C24H22F4N2O5S. The summed E-state index contributed by atoms with van der Waals surface area (Å²) >= 11 is 0. The molecule has 0 saturated heterocycles. The number of sulfonamides is 1. The van der Waals surface area contributed by atoms with E-state index in [4.69, 9.17) is 4.74 Å². The van der Waals surface area contributed by atoms with Gasteiger partial charge in [-0.2, -0.15) is 13.2 Å². The molecular weight excluding hydrogens is 504 g/mol. The lowest BCUT2D eigenvalue weighted by atomic mass is 10.0. The minimum absolute atomic E-state index is 0.0467. The Morgan fingerprint density at radius 3 is 2.28 bits per heavy atom. The molecule has 0 bridgehead atoms. The first-order chi connectivity index (χ1) is 16.9. The van der Waals surface area contributed by atoms with Gasteiger partial charge in [0, 0.05) is 12.1 Å². The van der Waals surface area contributed by atoms with Crippen LogP contribution in [0.1, 0.15) is 22.3 Å². The van der Waals surface area contributed by atoms with Gasteiger partial charge in [-0.25, -0.2) is 8.42 Å². The summed E-state index contributed by atoms with van der Waals surface area (Å²) in [7, 11) is -3.69. The van der Waals surface area contributed by atoms with Crippen LogP contribution in [0.4, 0.5) is 28.9 Å². The number of halogens is 4. The molecule has 1 amide bonds. The minimum Gasteiger partial charge on any atom is -0.506 e. The molecule has 0 radical (unpaired) electrons. The van der Waals surface area contributed by atoms with Gasteiger partial charge in [0.05, 0.1) is 36.4 Å². The summed E-state index contributed by atoms with van der Waals surface area (Å²) in [4.78, 5) is 13.0. The molecule has 36 heavy (non-hydrogen) atoms. The maximum absolute atomic E-state index is 13.0. The smallest absolute Gasteiger partial charge is 0.416 e. The van der Waals surface area contributed by atoms with E-state index in [9.17, 15) is 35.9 Å². The molecule has 0 aliphatic heterocycles. The molecule has 3 aromatic rings. The standard InChI is InChI=1S/C24H22F4N2O5S/c1-36(33,34)30-20-14-18(8-10-21(20)31)29-23(32)19-9-5-16(13-22(19)35-12-2-11-25)15-3-6-17(7-4-15)24(26,27)28/h3-10,13-14,30-31H,2,11-12H2,1H3,(H,29,32). The molecule has 0 aliphatic carbocycles. The number of hydrogen-bond donors (Lipinski definition) is 3. The number of carbonyl (C=O) groups excluding carboxylic acids is 1. The van der Waals surface area contributed by atoms with Crippen LogP contribution in [0.5, 0.6) is 11.5 Å². The molecule has 0 heterocycles. The molecule has 3 rings (SSSR count). The Hall–Kier alpha value is -3.80. The van der Waals surface area contributed by atoms with E-state index in [1.807, 2.05) is 0 Å². The van der Waals surface area contributed by atoms with Crippen LogP contribution in [0.3, 0.4) is 0 Å². The molecule has 12 heteroatoms. The lowest BCUT2D eigenvalue weighted by Gasteiger charge is -2.15. The van der Waals surface area contributed by atoms with Crippen molar-refractivity contribution in [2.45, 2.75) is 12.6 Å². The fourth-order valence-electron chi connectivity index (χ4n) is 3.19. The fourth-order valence-corrected chi connectivity index (χ4v) is 3.75. The topological polar surface area (TPSA) is 105 Å². The van der Waals surface area contributed by atoms with Crippen LogP contribution in [-0.4, -0.2) is 39.0 Å². The van der Waals surface area contributed by atoms with Gasteiger partial charge in [-0.05, 0) is 53.6 Å². The second-order valence-electron chi connectivity index (χ2n) is 7.74. The maximum Gasteiger partial charge on any atom is 0.416 e. The van der Waals surface area contributed by atoms with Crippen LogP contribution in [-0.2, 0) is 16.2 Å². The number of benzene rings is 3. The van der Waals surface area contributed by atoms with Crippen molar-refractivity contribution in [2.24, 2.45) is 0 Å². The molecule has 0 saturated carbocycles. The number of anilines is 2. The van der Waals surface area contributed by atoms with E-state index >= 15 is 0 Å². The second kappa shape index (κ2) is 10.9. The highest BCUT2D eigenvalue weighted by Crippen LogP contribution is 2.33. The van der Waals surface area contributed by atoms with Crippen molar-refractivity contribution in [3.8, 4) is 22.6 Å². The fraction of sp³-hybridized carbons (Fsp3) is 0.208. The van der Waals surface area contributed by atoms with E-state index in [0.29, 0.717) is 11.1 Å². The summed E-state index contributed by atoms with van der Waals surface area (Å²) in [6.07, 6.45) is -3.52. The highest BCUT2D eigenvalue weighted by atomic mass is 32.2. The van der Waals surface area contributed by atoms with Gasteiger partial charge in [-0.1, -0.05) is 18.2 Å². The third-order valence-electron chi connectivity index (χ3n) is 4.86. The molecule has 3 N–H and O–H groups in total. The zero-order valence-electron chi connectivity index (χ0n) is 18.9. The number of alkyl halides is 4. The first-order valence-corrected chi connectivity index (χ1v) is 12.4. The monoisotopic (exact) mass is 526 g/mol. The van der Waals surface area contributed by atoms with E-state index in [1.54, 1.807) is 0 Å². The Bertz CT molecular complexity index is 1340. The van der Waals surface area contributed by atoms with Crippen molar-refractivity contribution in [2.75, 3.05) is 29.6 Å². The molecule has 0 aliphatic rings. The quantitative estimate of drug-likeness (QED) is 0.149. The van der Waals surface area contributed by atoms with Gasteiger partial charge in [0.25, 0.3) is 5.91 Å². The van der Waals surface area contributed by atoms with Gasteiger partial charge in [0.15, 0.2) is 0 Å². The first kappa shape index (κ1) is 26.8. The van der Waals surface area contributed by atoms with E-state index in [1.165, 1.54) is 48.5 Å². The van der Waals surface area contributed by atoms with Crippen LogP contribution >= 0.6 is 0 Å². The molecule has 0 spiro atoms. The lowest BCUT2D eigenvalue weighted by molar-refractivity contribution is -0.137. The lowest BCUT2D eigenvalue weighted by Crippen LogP contribution is -2.15. The molecule has 0 fully saturated rings. The molecule has 3 aromatic carbocycles. The van der Waals surface area contributed by atoms with Crippen LogP contribution < -0.4 is 14.8 Å². The molecule has 0 unspecified atom stereocenters. The predicted molar refractivity (Wildman–Crippen MR) is 127 cm³/mol. The number of rotatable bonds is 9. The Morgan fingerprint density at radius 2 is 1.67 bits per heavy atom. The van der Waals surface area contributed by atoms with Crippen molar-refractivity contribution >= 4 is 27.3 Å². The summed E-state index contributed by atoms with van der Waals surface area (Å²) < 4.78 is 81.9. The summed E-state index contributed by atoms with van der Waals surface area (Å²) in [5.74, 6) is -0.929. The van der Waals surface area contributed by atoms with Gasteiger partial charge in [-0.3, -0.25) is 13.9 Å². The average molecular weight is 527 g/mol. The van der Waals surface area contributed by atoms with Crippen molar-refractivity contribution in [1.29, 1.82) is 0 Å². The molecule has 0 atom stereocenters. The summed E-state index contributed by atoms with van der Waals surface area (Å²) in [5, 5.41) is 12.4. The Kier molecular flexibility index (Phi) is 8.08. The normalized spacial score (nSPS) is 11.7. The predicted octanol–water partition coefficient (Wildman–Crippen LogP) is 5.44. The number of phenols is 1.